The van der Waals surface area contributed by atoms with Crippen molar-refractivity contribution in [3.05, 3.63) is 33.9 Å². The molecular weight excluding hydrogens is 258 g/mol. The number of carbonyl (C=O) groups is 1. The predicted molar refractivity (Wildman–Crippen MR) is 77.2 cm³/mol. The first kappa shape index (κ1) is 16.1. The Hall–Kier alpha value is -1.91. The molecule has 0 atom stereocenters. The maximum atomic E-state index is 11.9. The van der Waals surface area contributed by atoms with E-state index in [-0.39, 0.29) is 23.1 Å². The summed E-state index contributed by atoms with van der Waals surface area (Å²) in [6, 6.07) is 4.39. The minimum Gasteiger partial charge on any atom is -0.487 e. The summed E-state index contributed by atoms with van der Waals surface area (Å²) in [6.45, 7) is 8.07. The van der Waals surface area contributed by atoms with Crippen molar-refractivity contribution in [1.29, 1.82) is 0 Å². The fourth-order valence-electron chi connectivity index (χ4n) is 1.67. The van der Waals surface area contributed by atoms with E-state index in [0.717, 1.165) is 6.42 Å². The molecular formula is C15H21NO4. The maximum Gasteiger partial charge on any atom is 0.311 e. The number of ketones is 1. The van der Waals surface area contributed by atoms with Gasteiger partial charge in [-0.3, -0.25) is 14.9 Å². The number of carbonyl (C=O) groups excluding carboxylic acids is 1. The summed E-state index contributed by atoms with van der Waals surface area (Å²) < 4.78 is 5.45. The van der Waals surface area contributed by atoms with E-state index in [9.17, 15) is 14.9 Å². The zero-order valence-corrected chi connectivity index (χ0v) is 12.4. The third-order valence-electron chi connectivity index (χ3n) is 2.92. The number of hydrogen-bond acceptors (Lipinski definition) is 4. The lowest BCUT2D eigenvalue weighted by Crippen LogP contribution is -2.09. The summed E-state index contributed by atoms with van der Waals surface area (Å²) in [4.78, 5) is 22.4. The average molecular weight is 279 g/mol. The highest BCUT2D eigenvalue weighted by atomic mass is 16.6. The van der Waals surface area contributed by atoms with Gasteiger partial charge in [0.1, 0.15) is 0 Å². The minimum absolute atomic E-state index is 0.109. The van der Waals surface area contributed by atoms with Crippen molar-refractivity contribution in [3.63, 3.8) is 0 Å². The molecule has 0 unspecified atom stereocenters. The number of hydrogen-bond donors (Lipinski definition) is 0. The maximum absolute atomic E-state index is 11.9. The zero-order chi connectivity index (χ0) is 15.3. The van der Waals surface area contributed by atoms with Crippen molar-refractivity contribution in [2.24, 2.45) is 11.8 Å². The first-order valence-corrected chi connectivity index (χ1v) is 6.78. The molecule has 110 valence electrons. The standard InChI is InChI=1S/C15H21NO4/c1-10(2)7-8-20-14-6-5-12(15(17)11(3)4)9-13(14)16(18)19/h5-6,9-11H,7-8H2,1-4H3. The van der Waals surface area contributed by atoms with Crippen LogP contribution in [0.5, 0.6) is 5.75 Å². The van der Waals surface area contributed by atoms with Crippen LogP contribution < -0.4 is 4.74 Å². The molecule has 0 bridgehead atoms. The highest BCUT2D eigenvalue weighted by molar-refractivity contribution is 5.98. The summed E-state index contributed by atoms with van der Waals surface area (Å²) in [7, 11) is 0. The Bertz CT molecular complexity index is 495. The Morgan fingerprint density at radius 3 is 2.45 bits per heavy atom. The van der Waals surface area contributed by atoms with E-state index in [1.807, 2.05) is 0 Å². The van der Waals surface area contributed by atoms with Crippen LogP contribution in [0.1, 0.15) is 44.5 Å². The van der Waals surface area contributed by atoms with E-state index in [1.165, 1.54) is 12.1 Å². The largest absolute Gasteiger partial charge is 0.487 e. The van der Waals surface area contributed by atoms with Gasteiger partial charge in [0, 0.05) is 17.5 Å². The third kappa shape index (κ3) is 4.33. The van der Waals surface area contributed by atoms with Gasteiger partial charge in [-0.2, -0.15) is 0 Å². The second kappa shape index (κ2) is 7.03. The third-order valence-corrected chi connectivity index (χ3v) is 2.92. The van der Waals surface area contributed by atoms with Gasteiger partial charge in [-0.05, 0) is 24.5 Å². The van der Waals surface area contributed by atoms with E-state index in [0.29, 0.717) is 18.1 Å². The summed E-state index contributed by atoms with van der Waals surface area (Å²) in [6.07, 6.45) is 0.823. The second-order valence-electron chi connectivity index (χ2n) is 5.49. The lowest BCUT2D eigenvalue weighted by Gasteiger charge is -2.10. The Morgan fingerprint density at radius 2 is 1.95 bits per heavy atom. The average Bonchev–Trinajstić information content (AvgIpc) is 2.37. The molecule has 0 aliphatic carbocycles. The molecule has 1 aromatic carbocycles. The molecule has 0 aliphatic heterocycles. The van der Waals surface area contributed by atoms with E-state index >= 15 is 0 Å². The van der Waals surface area contributed by atoms with Crippen molar-refractivity contribution in [2.75, 3.05) is 6.61 Å². The molecule has 0 radical (unpaired) electrons. The van der Waals surface area contributed by atoms with Gasteiger partial charge >= 0.3 is 5.69 Å². The smallest absolute Gasteiger partial charge is 0.311 e. The SMILES string of the molecule is CC(C)CCOc1ccc(C(=O)C(C)C)cc1[N+](=O)[O-]. The van der Waals surface area contributed by atoms with Gasteiger partial charge in [0.15, 0.2) is 11.5 Å². The Morgan fingerprint density at radius 1 is 1.30 bits per heavy atom. The summed E-state index contributed by atoms with van der Waals surface area (Å²) in [5, 5.41) is 11.1. The number of Topliss-reactive ketones (excluding diaryl/α,β-unsaturated/α-hetero) is 1. The van der Waals surface area contributed by atoms with Gasteiger partial charge in [0.05, 0.1) is 11.5 Å². The van der Waals surface area contributed by atoms with Crippen LogP contribution in [0.2, 0.25) is 0 Å². The van der Waals surface area contributed by atoms with Gasteiger partial charge in [0.25, 0.3) is 0 Å². The van der Waals surface area contributed by atoms with E-state index in [2.05, 4.69) is 13.8 Å². The molecule has 5 nitrogen and oxygen atoms in total. The van der Waals surface area contributed by atoms with Gasteiger partial charge in [-0.25, -0.2) is 0 Å². The van der Waals surface area contributed by atoms with Gasteiger partial charge < -0.3 is 4.74 Å². The summed E-state index contributed by atoms with van der Waals surface area (Å²) in [5.41, 5.74) is 0.197. The van der Waals surface area contributed by atoms with E-state index in [1.54, 1.807) is 19.9 Å². The number of nitro groups is 1. The lowest BCUT2D eigenvalue weighted by atomic mass is 10.0. The molecule has 0 N–H and O–H groups in total. The highest BCUT2D eigenvalue weighted by Gasteiger charge is 2.20. The molecule has 20 heavy (non-hydrogen) atoms. The fraction of sp³-hybridized carbons (Fsp3) is 0.533. The zero-order valence-electron chi connectivity index (χ0n) is 12.4. The first-order chi connectivity index (χ1) is 9.32. The van der Waals surface area contributed by atoms with Crippen molar-refractivity contribution in [2.45, 2.75) is 34.1 Å². The summed E-state index contributed by atoms with van der Waals surface area (Å²) >= 11 is 0. The van der Waals surface area contributed by atoms with Crippen molar-refractivity contribution in [1.82, 2.24) is 0 Å². The number of benzene rings is 1. The fourth-order valence-corrected chi connectivity index (χ4v) is 1.67. The normalized spacial score (nSPS) is 10.9. The molecule has 1 aromatic rings. The number of ether oxygens (including phenoxy) is 1. The molecule has 0 saturated carbocycles. The van der Waals surface area contributed by atoms with Crippen LogP contribution in [-0.4, -0.2) is 17.3 Å². The van der Waals surface area contributed by atoms with Gasteiger partial charge in [-0.1, -0.05) is 27.7 Å². The number of nitrogens with zero attached hydrogens (tertiary/aromatic N) is 1. The van der Waals surface area contributed by atoms with Gasteiger partial charge in [0.2, 0.25) is 0 Å². The Labute approximate surface area is 119 Å². The van der Waals surface area contributed by atoms with Crippen LogP contribution in [0.15, 0.2) is 18.2 Å². The number of nitro benzene ring substituents is 1. The molecule has 5 heteroatoms. The Balaban J connectivity index is 2.96. The molecule has 0 saturated heterocycles. The minimum atomic E-state index is -0.512. The van der Waals surface area contributed by atoms with E-state index in [4.69, 9.17) is 4.74 Å². The molecule has 0 aliphatic rings. The first-order valence-electron chi connectivity index (χ1n) is 6.78. The topological polar surface area (TPSA) is 69.4 Å². The van der Waals surface area contributed by atoms with Crippen LogP contribution in [0.4, 0.5) is 5.69 Å². The van der Waals surface area contributed by atoms with Crippen LogP contribution in [0.25, 0.3) is 0 Å². The monoisotopic (exact) mass is 279 g/mol. The van der Waals surface area contributed by atoms with Crippen LogP contribution >= 0.6 is 0 Å². The second-order valence-corrected chi connectivity index (χ2v) is 5.49. The van der Waals surface area contributed by atoms with Crippen LogP contribution in [0, 0.1) is 22.0 Å². The summed E-state index contributed by atoms with van der Waals surface area (Å²) in [5.74, 6) is 0.385. The van der Waals surface area contributed by atoms with Crippen LogP contribution in [-0.2, 0) is 0 Å². The van der Waals surface area contributed by atoms with E-state index < -0.39 is 4.92 Å². The molecule has 0 fully saturated rings. The van der Waals surface area contributed by atoms with Crippen LogP contribution in [0.3, 0.4) is 0 Å². The van der Waals surface area contributed by atoms with Gasteiger partial charge in [-0.15, -0.1) is 0 Å². The van der Waals surface area contributed by atoms with Crippen molar-refractivity contribution < 1.29 is 14.5 Å². The van der Waals surface area contributed by atoms with Crippen molar-refractivity contribution >= 4 is 11.5 Å². The molecule has 0 heterocycles. The molecule has 0 amide bonds. The quantitative estimate of drug-likeness (QED) is 0.431. The molecule has 0 spiro atoms. The Kier molecular flexibility index (Phi) is 5.67. The molecule has 0 aromatic heterocycles. The number of rotatable bonds is 7. The molecule has 1 rings (SSSR count). The highest BCUT2D eigenvalue weighted by Crippen LogP contribution is 2.29. The predicted octanol–water partition coefficient (Wildman–Crippen LogP) is 3.86. The van der Waals surface area contributed by atoms with Crippen molar-refractivity contribution in [3.8, 4) is 5.75 Å². The lowest BCUT2D eigenvalue weighted by molar-refractivity contribution is -0.385.